The Morgan fingerprint density at radius 1 is 1.29 bits per heavy atom. The van der Waals surface area contributed by atoms with Crippen molar-refractivity contribution in [1.82, 2.24) is 14.9 Å². The standard InChI is InChI=1S/C14H19N3/c1-2-8-16-14(11-17-10-9-15-12-17)13-6-4-3-5-7-13/h3-7,9-10,12,14,16H,2,8,11H2,1H3. The Hall–Kier alpha value is -1.61. The summed E-state index contributed by atoms with van der Waals surface area (Å²) in [5, 5.41) is 3.58. The number of imidazole rings is 1. The fourth-order valence-electron chi connectivity index (χ4n) is 1.90. The van der Waals surface area contributed by atoms with Crippen molar-refractivity contribution in [2.24, 2.45) is 0 Å². The molecule has 1 heterocycles. The van der Waals surface area contributed by atoms with Crippen LogP contribution in [0.2, 0.25) is 0 Å². The third-order valence-corrected chi connectivity index (χ3v) is 2.80. The summed E-state index contributed by atoms with van der Waals surface area (Å²) in [6, 6.07) is 10.9. The molecule has 0 spiro atoms. The zero-order valence-electron chi connectivity index (χ0n) is 10.2. The maximum Gasteiger partial charge on any atom is 0.0946 e. The third-order valence-electron chi connectivity index (χ3n) is 2.80. The van der Waals surface area contributed by atoms with Gasteiger partial charge in [-0.2, -0.15) is 0 Å². The Morgan fingerprint density at radius 3 is 2.76 bits per heavy atom. The lowest BCUT2D eigenvalue weighted by Crippen LogP contribution is -2.25. The average molecular weight is 229 g/mol. The largest absolute Gasteiger partial charge is 0.336 e. The van der Waals surface area contributed by atoms with Crippen molar-refractivity contribution < 1.29 is 0 Å². The molecule has 1 atom stereocenters. The zero-order chi connectivity index (χ0) is 11.9. The highest BCUT2D eigenvalue weighted by Gasteiger charge is 2.10. The van der Waals surface area contributed by atoms with E-state index in [-0.39, 0.29) is 0 Å². The number of benzene rings is 1. The second kappa shape index (κ2) is 6.21. The maximum atomic E-state index is 4.08. The van der Waals surface area contributed by atoms with Gasteiger partial charge in [-0.25, -0.2) is 4.98 Å². The van der Waals surface area contributed by atoms with Gasteiger partial charge in [0.25, 0.3) is 0 Å². The first-order valence-corrected chi connectivity index (χ1v) is 6.14. The highest BCUT2D eigenvalue weighted by atomic mass is 15.1. The van der Waals surface area contributed by atoms with E-state index in [4.69, 9.17) is 0 Å². The molecule has 0 fully saturated rings. The fourth-order valence-corrected chi connectivity index (χ4v) is 1.90. The van der Waals surface area contributed by atoms with Gasteiger partial charge < -0.3 is 9.88 Å². The van der Waals surface area contributed by atoms with Gasteiger partial charge in [-0.05, 0) is 18.5 Å². The van der Waals surface area contributed by atoms with Crippen molar-refractivity contribution in [2.45, 2.75) is 25.9 Å². The molecule has 3 nitrogen and oxygen atoms in total. The van der Waals surface area contributed by atoms with Gasteiger partial charge in [0.1, 0.15) is 0 Å². The summed E-state index contributed by atoms with van der Waals surface area (Å²) in [6.45, 7) is 4.14. The van der Waals surface area contributed by atoms with Crippen LogP contribution in [-0.2, 0) is 6.54 Å². The molecule has 0 saturated carbocycles. The Bertz CT molecular complexity index is 408. The van der Waals surface area contributed by atoms with Crippen LogP contribution in [0.15, 0.2) is 49.1 Å². The maximum absolute atomic E-state index is 4.08. The van der Waals surface area contributed by atoms with E-state index in [2.05, 4.69) is 52.1 Å². The minimum atomic E-state index is 0.352. The molecule has 0 bridgehead atoms. The van der Waals surface area contributed by atoms with Crippen molar-refractivity contribution in [1.29, 1.82) is 0 Å². The first-order chi connectivity index (χ1) is 8.40. The molecule has 0 aliphatic rings. The molecule has 2 aromatic rings. The Kier molecular flexibility index (Phi) is 4.33. The Labute approximate surface area is 103 Å². The lowest BCUT2D eigenvalue weighted by Gasteiger charge is -2.19. The van der Waals surface area contributed by atoms with Crippen LogP contribution in [0.5, 0.6) is 0 Å². The molecule has 90 valence electrons. The van der Waals surface area contributed by atoms with Crippen LogP contribution < -0.4 is 5.32 Å². The van der Waals surface area contributed by atoms with E-state index in [1.165, 1.54) is 5.56 Å². The van der Waals surface area contributed by atoms with Crippen LogP contribution in [0.25, 0.3) is 0 Å². The molecule has 0 saturated heterocycles. The monoisotopic (exact) mass is 229 g/mol. The van der Waals surface area contributed by atoms with E-state index >= 15 is 0 Å². The predicted molar refractivity (Wildman–Crippen MR) is 69.7 cm³/mol. The lowest BCUT2D eigenvalue weighted by molar-refractivity contribution is 0.463. The second-order valence-corrected chi connectivity index (χ2v) is 4.18. The van der Waals surface area contributed by atoms with E-state index in [1.807, 2.05) is 18.7 Å². The summed E-state index contributed by atoms with van der Waals surface area (Å²) in [7, 11) is 0. The average Bonchev–Trinajstić information content (AvgIpc) is 2.88. The van der Waals surface area contributed by atoms with Crippen molar-refractivity contribution in [3.8, 4) is 0 Å². The van der Waals surface area contributed by atoms with Crippen molar-refractivity contribution in [3.63, 3.8) is 0 Å². The van der Waals surface area contributed by atoms with Gasteiger partial charge >= 0.3 is 0 Å². The lowest BCUT2D eigenvalue weighted by atomic mass is 10.1. The summed E-state index contributed by atoms with van der Waals surface area (Å²) in [5.41, 5.74) is 1.33. The van der Waals surface area contributed by atoms with E-state index in [1.54, 1.807) is 0 Å². The van der Waals surface area contributed by atoms with Crippen LogP contribution in [-0.4, -0.2) is 16.1 Å². The number of hydrogen-bond acceptors (Lipinski definition) is 2. The molecule has 0 amide bonds. The highest BCUT2D eigenvalue weighted by molar-refractivity contribution is 5.18. The third kappa shape index (κ3) is 3.43. The van der Waals surface area contributed by atoms with Crippen molar-refractivity contribution >= 4 is 0 Å². The highest BCUT2D eigenvalue weighted by Crippen LogP contribution is 2.14. The number of hydrogen-bond donors (Lipinski definition) is 1. The van der Waals surface area contributed by atoms with Gasteiger partial charge in [-0.3, -0.25) is 0 Å². The van der Waals surface area contributed by atoms with Crippen molar-refractivity contribution in [2.75, 3.05) is 6.54 Å². The number of aromatic nitrogens is 2. The second-order valence-electron chi connectivity index (χ2n) is 4.18. The molecule has 3 heteroatoms. The van der Waals surface area contributed by atoms with Gasteiger partial charge in [0.15, 0.2) is 0 Å². The molecular weight excluding hydrogens is 210 g/mol. The minimum absolute atomic E-state index is 0.352. The number of nitrogens with zero attached hydrogens (tertiary/aromatic N) is 2. The topological polar surface area (TPSA) is 29.9 Å². The van der Waals surface area contributed by atoms with Gasteiger partial charge in [-0.15, -0.1) is 0 Å². The summed E-state index contributed by atoms with van der Waals surface area (Å²) >= 11 is 0. The Morgan fingerprint density at radius 2 is 2.12 bits per heavy atom. The zero-order valence-corrected chi connectivity index (χ0v) is 10.2. The molecule has 2 rings (SSSR count). The normalized spacial score (nSPS) is 12.5. The van der Waals surface area contributed by atoms with Crippen LogP contribution in [0.3, 0.4) is 0 Å². The fraction of sp³-hybridized carbons (Fsp3) is 0.357. The first-order valence-electron chi connectivity index (χ1n) is 6.14. The molecule has 0 aliphatic carbocycles. The van der Waals surface area contributed by atoms with Gasteiger partial charge in [0.2, 0.25) is 0 Å². The summed E-state index contributed by atoms with van der Waals surface area (Å²) in [4.78, 5) is 4.08. The summed E-state index contributed by atoms with van der Waals surface area (Å²) in [5.74, 6) is 0. The molecule has 1 aromatic heterocycles. The number of nitrogens with one attached hydrogen (secondary N) is 1. The Balaban J connectivity index is 2.08. The molecule has 17 heavy (non-hydrogen) atoms. The predicted octanol–water partition coefficient (Wildman–Crippen LogP) is 2.62. The van der Waals surface area contributed by atoms with E-state index < -0.39 is 0 Å². The SMILES string of the molecule is CCCNC(Cn1ccnc1)c1ccccc1. The van der Waals surface area contributed by atoms with Gasteiger partial charge in [0.05, 0.1) is 12.4 Å². The molecule has 0 radical (unpaired) electrons. The first kappa shape index (κ1) is 11.9. The van der Waals surface area contributed by atoms with E-state index in [0.29, 0.717) is 6.04 Å². The molecule has 0 aliphatic heterocycles. The van der Waals surface area contributed by atoms with E-state index in [9.17, 15) is 0 Å². The van der Waals surface area contributed by atoms with Crippen LogP contribution in [0.4, 0.5) is 0 Å². The van der Waals surface area contributed by atoms with Crippen LogP contribution >= 0.6 is 0 Å². The molecular formula is C14H19N3. The molecule has 1 unspecified atom stereocenters. The van der Waals surface area contributed by atoms with E-state index in [0.717, 1.165) is 19.5 Å². The van der Waals surface area contributed by atoms with Gasteiger partial charge in [-0.1, -0.05) is 37.3 Å². The quantitative estimate of drug-likeness (QED) is 0.825. The number of rotatable bonds is 6. The van der Waals surface area contributed by atoms with Crippen LogP contribution in [0.1, 0.15) is 24.9 Å². The summed E-state index contributed by atoms with van der Waals surface area (Å²) < 4.78 is 2.11. The van der Waals surface area contributed by atoms with Crippen molar-refractivity contribution in [3.05, 3.63) is 54.6 Å². The molecule has 1 aromatic carbocycles. The molecule has 1 N–H and O–H groups in total. The van der Waals surface area contributed by atoms with Crippen LogP contribution in [0, 0.1) is 0 Å². The minimum Gasteiger partial charge on any atom is -0.336 e. The summed E-state index contributed by atoms with van der Waals surface area (Å²) in [6.07, 6.45) is 6.84. The van der Waals surface area contributed by atoms with Gasteiger partial charge in [0, 0.05) is 18.9 Å². The smallest absolute Gasteiger partial charge is 0.0946 e.